The normalized spacial score (nSPS) is 13.7. The molecule has 0 aliphatic carbocycles. The molecule has 1 aromatic carbocycles. The van der Waals surface area contributed by atoms with Gasteiger partial charge in [-0.3, -0.25) is 15.0 Å². The summed E-state index contributed by atoms with van der Waals surface area (Å²) in [7, 11) is 0. The van der Waals surface area contributed by atoms with Crippen molar-refractivity contribution in [2.24, 2.45) is 11.6 Å². The van der Waals surface area contributed by atoms with E-state index in [0.29, 0.717) is 16.1 Å². The molecule has 23 heavy (non-hydrogen) atoms. The number of carbonyl (C=O) groups excluding carboxylic acids is 2. The number of carbonyl (C=O) groups is 2. The quantitative estimate of drug-likeness (QED) is 0.226. The third kappa shape index (κ3) is 5.58. The van der Waals surface area contributed by atoms with E-state index in [-0.39, 0.29) is 11.1 Å². The van der Waals surface area contributed by atoms with Gasteiger partial charge in [0.05, 0.1) is 5.56 Å². The number of hydrazine groups is 1. The van der Waals surface area contributed by atoms with E-state index in [0.717, 1.165) is 5.75 Å². The molecule has 0 saturated carbocycles. The molecule has 0 saturated heterocycles. The fourth-order valence-electron chi connectivity index (χ4n) is 1.98. The summed E-state index contributed by atoms with van der Waals surface area (Å²) in [4.78, 5) is 24.4. The molecule has 6 nitrogen and oxygen atoms in total. The minimum absolute atomic E-state index is 0.0786. The van der Waals surface area contributed by atoms with Gasteiger partial charge in [0, 0.05) is 16.1 Å². The standard InChI is InChI=1S/C15H22BrN3O3S/c1-8(2)23-7-6-11(17)13(20)14(21)12-9(15(22)19-18)4-3-5-10(12)16/h3-5,8,11,13,20H,6-7,17-18H2,1-2H3,(H,19,22)/t11-,13?/m1/s1. The second-order valence-corrected chi connectivity index (χ2v) is 7.86. The molecule has 8 heteroatoms. The van der Waals surface area contributed by atoms with Crippen molar-refractivity contribution in [3.63, 3.8) is 0 Å². The number of hydrogen-bond donors (Lipinski definition) is 4. The number of halogens is 1. The van der Waals surface area contributed by atoms with Gasteiger partial charge < -0.3 is 10.8 Å². The lowest BCUT2D eigenvalue weighted by Crippen LogP contribution is -2.42. The predicted molar refractivity (Wildman–Crippen MR) is 96.3 cm³/mol. The lowest BCUT2D eigenvalue weighted by atomic mass is 9.95. The SMILES string of the molecule is CC(C)SCC[C@@H](N)C(O)C(=O)c1c(Br)cccc1C(=O)NN. The fourth-order valence-corrected chi connectivity index (χ4v) is 3.42. The minimum Gasteiger partial charge on any atom is -0.383 e. The highest BCUT2D eigenvalue weighted by Crippen LogP contribution is 2.23. The number of nitrogens with two attached hydrogens (primary N) is 2. The minimum atomic E-state index is -1.38. The van der Waals surface area contributed by atoms with E-state index in [1.165, 1.54) is 6.07 Å². The second-order valence-electron chi connectivity index (χ2n) is 5.32. The van der Waals surface area contributed by atoms with Crippen LogP contribution in [0.15, 0.2) is 22.7 Å². The Labute approximate surface area is 148 Å². The molecule has 0 aliphatic heterocycles. The molecule has 2 atom stereocenters. The van der Waals surface area contributed by atoms with Crippen LogP contribution in [-0.2, 0) is 0 Å². The number of benzene rings is 1. The van der Waals surface area contributed by atoms with E-state index >= 15 is 0 Å². The number of aliphatic hydroxyl groups excluding tert-OH is 1. The van der Waals surface area contributed by atoms with Crippen LogP contribution in [0.4, 0.5) is 0 Å². The molecule has 0 radical (unpaired) electrons. The first-order valence-corrected chi connectivity index (χ1v) is 9.02. The number of nitrogen functional groups attached to an aromatic ring is 1. The maximum atomic E-state index is 12.6. The molecule has 0 spiro atoms. The zero-order valence-corrected chi connectivity index (χ0v) is 15.5. The lowest BCUT2D eigenvalue weighted by molar-refractivity contribution is 0.0686. The Kier molecular flexibility index (Phi) is 8.21. The Hall–Kier alpha value is -0.930. The van der Waals surface area contributed by atoms with E-state index < -0.39 is 23.8 Å². The number of hydrogen-bond acceptors (Lipinski definition) is 6. The van der Waals surface area contributed by atoms with Gasteiger partial charge in [0.2, 0.25) is 0 Å². The smallest absolute Gasteiger partial charge is 0.265 e. The van der Waals surface area contributed by atoms with Gasteiger partial charge in [-0.1, -0.05) is 35.8 Å². The summed E-state index contributed by atoms with van der Waals surface area (Å²) >= 11 is 4.94. The van der Waals surface area contributed by atoms with Gasteiger partial charge in [-0.2, -0.15) is 11.8 Å². The molecule has 0 bridgehead atoms. The predicted octanol–water partition coefficient (Wildman–Crippen LogP) is 1.46. The molecular formula is C15H22BrN3O3S. The van der Waals surface area contributed by atoms with Gasteiger partial charge in [0.15, 0.2) is 5.78 Å². The molecule has 1 rings (SSSR count). The number of thioether (sulfide) groups is 1. The number of rotatable bonds is 8. The first-order valence-electron chi connectivity index (χ1n) is 7.18. The van der Waals surface area contributed by atoms with E-state index in [4.69, 9.17) is 11.6 Å². The Bertz CT molecular complexity index is 569. The average molecular weight is 404 g/mol. The third-order valence-corrected chi connectivity index (χ3v) is 5.01. The first-order chi connectivity index (χ1) is 10.8. The van der Waals surface area contributed by atoms with Crippen molar-refractivity contribution in [3.05, 3.63) is 33.8 Å². The zero-order chi connectivity index (χ0) is 17.6. The van der Waals surface area contributed by atoms with Crippen molar-refractivity contribution >= 4 is 39.4 Å². The van der Waals surface area contributed by atoms with Crippen LogP contribution < -0.4 is 17.0 Å². The van der Waals surface area contributed by atoms with Gasteiger partial charge in [-0.05, 0) is 29.6 Å². The second kappa shape index (κ2) is 9.39. The van der Waals surface area contributed by atoms with Crippen LogP contribution in [0.5, 0.6) is 0 Å². The molecule has 0 aliphatic rings. The summed E-state index contributed by atoms with van der Waals surface area (Å²) in [6, 6.07) is 3.99. The number of ketones is 1. The monoisotopic (exact) mass is 403 g/mol. The van der Waals surface area contributed by atoms with Crippen LogP contribution in [-0.4, -0.2) is 39.9 Å². The van der Waals surface area contributed by atoms with Gasteiger partial charge in [-0.15, -0.1) is 0 Å². The molecule has 1 aromatic rings. The molecular weight excluding hydrogens is 382 g/mol. The Balaban J connectivity index is 2.94. The van der Waals surface area contributed by atoms with Gasteiger partial charge >= 0.3 is 0 Å². The molecule has 0 aromatic heterocycles. The number of aliphatic hydroxyl groups is 1. The van der Waals surface area contributed by atoms with E-state index in [9.17, 15) is 14.7 Å². The molecule has 128 valence electrons. The van der Waals surface area contributed by atoms with E-state index in [2.05, 4.69) is 29.8 Å². The highest BCUT2D eigenvalue weighted by atomic mass is 79.9. The van der Waals surface area contributed by atoms with E-state index in [1.807, 2.05) is 5.43 Å². The van der Waals surface area contributed by atoms with Gasteiger partial charge in [-0.25, -0.2) is 5.84 Å². The van der Waals surface area contributed by atoms with Crippen molar-refractivity contribution in [3.8, 4) is 0 Å². The van der Waals surface area contributed by atoms with Crippen LogP contribution in [0.25, 0.3) is 0 Å². The lowest BCUT2D eigenvalue weighted by Gasteiger charge is -2.20. The highest BCUT2D eigenvalue weighted by Gasteiger charge is 2.29. The first kappa shape index (κ1) is 20.1. The maximum Gasteiger partial charge on any atom is 0.265 e. The van der Waals surface area contributed by atoms with Crippen molar-refractivity contribution < 1.29 is 14.7 Å². The average Bonchev–Trinajstić information content (AvgIpc) is 2.51. The van der Waals surface area contributed by atoms with Crippen LogP contribution >= 0.6 is 27.7 Å². The van der Waals surface area contributed by atoms with Gasteiger partial charge in [0.1, 0.15) is 6.10 Å². The number of nitrogens with one attached hydrogen (secondary N) is 1. The van der Waals surface area contributed by atoms with Crippen LogP contribution in [0.3, 0.4) is 0 Å². The van der Waals surface area contributed by atoms with Crippen LogP contribution in [0.1, 0.15) is 41.0 Å². The third-order valence-electron chi connectivity index (χ3n) is 3.21. The summed E-state index contributed by atoms with van der Waals surface area (Å²) in [5.41, 5.74) is 8.09. The van der Waals surface area contributed by atoms with Gasteiger partial charge in [0.25, 0.3) is 5.91 Å². The molecule has 1 amide bonds. The van der Waals surface area contributed by atoms with Crippen molar-refractivity contribution in [2.75, 3.05) is 5.75 Å². The van der Waals surface area contributed by atoms with Crippen molar-refractivity contribution in [1.29, 1.82) is 0 Å². The van der Waals surface area contributed by atoms with Crippen LogP contribution in [0.2, 0.25) is 0 Å². The summed E-state index contributed by atoms with van der Waals surface area (Å²) in [5.74, 6) is 4.68. The maximum absolute atomic E-state index is 12.6. The summed E-state index contributed by atoms with van der Waals surface area (Å²) < 4.78 is 0.409. The summed E-state index contributed by atoms with van der Waals surface area (Å²) in [5, 5.41) is 10.7. The highest BCUT2D eigenvalue weighted by molar-refractivity contribution is 9.10. The number of Topliss-reactive ketones (excluding diaryl/α,β-unsaturated/α-hetero) is 1. The largest absolute Gasteiger partial charge is 0.383 e. The summed E-state index contributed by atoms with van der Waals surface area (Å²) in [6.07, 6.45) is -0.885. The molecule has 1 unspecified atom stereocenters. The van der Waals surface area contributed by atoms with E-state index in [1.54, 1.807) is 23.9 Å². The van der Waals surface area contributed by atoms with Crippen molar-refractivity contribution in [1.82, 2.24) is 5.43 Å². The van der Waals surface area contributed by atoms with Crippen LogP contribution in [0, 0.1) is 0 Å². The number of amides is 1. The fraction of sp³-hybridized carbons (Fsp3) is 0.467. The Morgan fingerprint density at radius 2 is 2.04 bits per heavy atom. The molecule has 6 N–H and O–H groups in total. The van der Waals surface area contributed by atoms with Crippen molar-refractivity contribution in [2.45, 2.75) is 37.7 Å². The Morgan fingerprint density at radius 1 is 1.39 bits per heavy atom. The molecule has 0 heterocycles. The Morgan fingerprint density at radius 3 is 2.61 bits per heavy atom. The topological polar surface area (TPSA) is 118 Å². The summed E-state index contributed by atoms with van der Waals surface area (Å²) in [6.45, 7) is 4.13. The molecule has 0 fully saturated rings. The zero-order valence-electron chi connectivity index (χ0n) is 13.1.